The van der Waals surface area contributed by atoms with Gasteiger partial charge < -0.3 is 5.32 Å². The van der Waals surface area contributed by atoms with Gasteiger partial charge in [-0.15, -0.1) is 4.40 Å². The Morgan fingerprint density at radius 2 is 1.51 bits per heavy atom. The van der Waals surface area contributed by atoms with Gasteiger partial charge in [0.2, 0.25) is 0 Å². The number of hydrogen-bond acceptors (Lipinski definition) is 5. The van der Waals surface area contributed by atoms with Crippen LogP contribution in [0.1, 0.15) is 29.9 Å². The molecule has 0 unspecified atom stereocenters. The number of sulfonamides is 1. The number of carbonyl (C=O) groups is 1. The summed E-state index contributed by atoms with van der Waals surface area (Å²) in [6, 6.07) is 28.6. The highest BCUT2D eigenvalue weighted by atomic mass is 32.2. The monoisotopic (exact) mass is 481 g/mol. The van der Waals surface area contributed by atoms with Crippen LogP contribution < -0.4 is 5.32 Å². The summed E-state index contributed by atoms with van der Waals surface area (Å²) in [5.74, 6) is -0.476. The van der Waals surface area contributed by atoms with E-state index in [9.17, 15) is 13.2 Å². The van der Waals surface area contributed by atoms with Gasteiger partial charge in [0.1, 0.15) is 4.90 Å². The zero-order valence-corrected chi connectivity index (χ0v) is 19.7. The Bertz CT molecular complexity index is 1450. The molecule has 3 aromatic carbocycles. The number of hydrogen-bond donors (Lipinski definition) is 1. The SMILES string of the molecule is O=C(CCC(c1ccccc1)c1ccccc1)C1=NS(=O)(=O)c2cc(-c3cccnc3)ccc2N1. The smallest absolute Gasteiger partial charge is 0.286 e. The Hall–Kier alpha value is -4.10. The Morgan fingerprint density at radius 3 is 2.14 bits per heavy atom. The molecule has 0 aliphatic carbocycles. The van der Waals surface area contributed by atoms with Crippen LogP contribution in [0.4, 0.5) is 5.69 Å². The minimum absolute atomic E-state index is 0.0106. The van der Waals surface area contributed by atoms with Crippen LogP contribution in [0.15, 0.2) is 113 Å². The lowest BCUT2D eigenvalue weighted by molar-refractivity contribution is -0.113. The van der Waals surface area contributed by atoms with Gasteiger partial charge in [-0.1, -0.05) is 72.8 Å². The first-order valence-corrected chi connectivity index (χ1v) is 12.7. The highest BCUT2D eigenvalue weighted by Crippen LogP contribution is 2.33. The third kappa shape index (κ3) is 4.90. The van der Waals surface area contributed by atoms with Gasteiger partial charge >= 0.3 is 0 Å². The maximum Gasteiger partial charge on any atom is 0.286 e. The molecular formula is C28H23N3O3S. The van der Waals surface area contributed by atoms with Crippen LogP contribution >= 0.6 is 0 Å². The molecule has 7 heteroatoms. The van der Waals surface area contributed by atoms with E-state index in [-0.39, 0.29) is 28.9 Å². The minimum Gasteiger partial charge on any atom is -0.335 e. The summed E-state index contributed by atoms with van der Waals surface area (Å²) >= 11 is 0. The molecule has 6 nitrogen and oxygen atoms in total. The lowest BCUT2D eigenvalue weighted by Gasteiger charge is -2.20. The van der Waals surface area contributed by atoms with E-state index in [0.29, 0.717) is 17.7 Å². The van der Waals surface area contributed by atoms with Crippen molar-refractivity contribution < 1.29 is 13.2 Å². The second-order valence-electron chi connectivity index (χ2n) is 8.33. The van der Waals surface area contributed by atoms with Gasteiger partial charge in [-0.3, -0.25) is 9.78 Å². The Kier molecular flexibility index (Phi) is 6.25. The van der Waals surface area contributed by atoms with E-state index in [2.05, 4.69) is 14.7 Å². The van der Waals surface area contributed by atoms with Crippen LogP contribution in [-0.4, -0.2) is 25.0 Å². The number of pyridine rings is 1. The van der Waals surface area contributed by atoms with E-state index in [1.807, 2.05) is 66.7 Å². The number of nitrogens with zero attached hydrogens (tertiary/aromatic N) is 2. The molecule has 1 aromatic heterocycles. The fraction of sp³-hybridized carbons (Fsp3) is 0.107. The summed E-state index contributed by atoms with van der Waals surface area (Å²) in [7, 11) is -4.03. The fourth-order valence-corrected chi connectivity index (χ4v) is 5.44. The largest absolute Gasteiger partial charge is 0.335 e. The number of aromatic nitrogens is 1. The van der Waals surface area contributed by atoms with Crippen molar-refractivity contribution in [3.8, 4) is 11.1 Å². The lowest BCUT2D eigenvalue weighted by atomic mass is 9.87. The number of Topliss-reactive ketones (excluding diaryl/α,β-unsaturated/α-hetero) is 1. The van der Waals surface area contributed by atoms with Crippen molar-refractivity contribution >= 4 is 27.3 Å². The Balaban J connectivity index is 1.37. The second kappa shape index (κ2) is 9.64. The number of rotatable bonds is 7. The quantitative estimate of drug-likeness (QED) is 0.380. The third-order valence-corrected chi connectivity index (χ3v) is 7.36. The molecule has 35 heavy (non-hydrogen) atoms. The van der Waals surface area contributed by atoms with Crippen molar-refractivity contribution in [3.05, 3.63) is 115 Å². The van der Waals surface area contributed by atoms with Crippen molar-refractivity contribution in [1.82, 2.24) is 4.98 Å². The summed E-state index contributed by atoms with van der Waals surface area (Å²) in [6.07, 6.45) is 4.00. The third-order valence-electron chi connectivity index (χ3n) is 6.05. The summed E-state index contributed by atoms with van der Waals surface area (Å²) in [4.78, 5) is 17.2. The number of nitrogens with one attached hydrogen (secondary N) is 1. The molecule has 0 saturated carbocycles. The molecule has 4 aromatic rings. The average molecular weight is 482 g/mol. The molecule has 5 rings (SSSR count). The predicted octanol–water partition coefficient (Wildman–Crippen LogP) is 5.44. The standard InChI is InChI=1S/C28H23N3O3S/c32-26(16-14-24(20-8-3-1-4-9-20)21-10-5-2-6-11-21)28-30-25-15-13-22(23-12-7-17-29-19-23)18-27(25)35(33,34)31-28/h1-13,15,17-19,24H,14,16H2,(H,30,31). The van der Waals surface area contributed by atoms with Gasteiger partial charge in [0.05, 0.1) is 5.69 Å². The summed E-state index contributed by atoms with van der Waals surface area (Å²) in [5, 5.41) is 2.94. The maximum atomic E-state index is 13.1. The molecule has 1 aliphatic rings. The van der Waals surface area contributed by atoms with E-state index in [1.165, 1.54) is 0 Å². The minimum atomic E-state index is -4.03. The van der Waals surface area contributed by atoms with Crippen LogP contribution in [0, 0.1) is 0 Å². The summed E-state index contributed by atoms with van der Waals surface area (Å²) in [6.45, 7) is 0. The van der Waals surface area contributed by atoms with Crippen LogP contribution in [0.2, 0.25) is 0 Å². The molecule has 1 N–H and O–H groups in total. The van der Waals surface area contributed by atoms with Crippen LogP contribution in [0.25, 0.3) is 11.1 Å². The molecule has 0 fully saturated rings. The van der Waals surface area contributed by atoms with Crippen molar-refractivity contribution in [2.45, 2.75) is 23.7 Å². The van der Waals surface area contributed by atoms with Crippen molar-refractivity contribution in [1.29, 1.82) is 0 Å². The van der Waals surface area contributed by atoms with Crippen molar-refractivity contribution in [2.24, 2.45) is 4.40 Å². The number of benzene rings is 3. The van der Waals surface area contributed by atoms with Crippen LogP contribution in [0.3, 0.4) is 0 Å². The van der Waals surface area contributed by atoms with Crippen molar-refractivity contribution in [3.63, 3.8) is 0 Å². The van der Waals surface area contributed by atoms with Gasteiger partial charge in [0.15, 0.2) is 11.6 Å². The topological polar surface area (TPSA) is 88.5 Å². The molecule has 174 valence electrons. The zero-order valence-electron chi connectivity index (χ0n) is 18.8. The average Bonchev–Trinajstić information content (AvgIpc) is 2.90. The number of ketones is 1. The molecule has 0 spiro atoms. The summed E-state index contributed by atoms with van der Waals surface area (Å²) in [5.41, 5.74) is 4.06. The number of fused-ring (bicyclic) bond motifs is 1. The first-order chi connectivity index (χ1) is 17.0. The molecule has 0 bridgehead atoms. The highest BCUT2D eigenvalue weighted by Gasteiger charge is 2.29. The van der Waals surface area contributed by atoms with E-state index in [1.54, 1.807) is 36.7 Å². The van der Waals surface area contributed by atoms with Crippen LogP contribution in [0.5, 0.6) is 0 Å². The summed E-state index contributed by atoms with van der Waals surface area (Å²) < 4.78 is 29.7. The second-order valence-corrected chi connectivity index (χ2v) is 9.90. The number of amidine groups is 1. The van der Waals surface area contributed by atoms with E-state index in [0.717, 1.165) is 16.7 Å². The molecule has 0 amide bonds. The lowest BCUT2D eigenvalue weighted by Crippen LogP contribution is -2.29. The van der Waals surface area contributed by atoms with Gasteiger partial charge in [-0.05, 0) is 41.3 Å². The van der Waals surface area contributed by atoms with Crippen LogP contribution in [-0.2, 0) is 14.8 Å². The zero-order chi connectivity index (χ0) is 24.3. The molecular weight excluding hydrogens is 458 g/mol. The maximum absolute atomic E-state index is 13.1. The van der Waals surface area contributed by atoms with E-state index >= 15 is 0 Å². The number of anilines is 1. The Morgan fingerprint density at radius 1 is 0.829 bits per heavy atom. The predicted molar refractivity (Wildman–Crippen MR) is 137 cm³/mol. The Labute approximate surface area is 204 Å². The van der Waals surface area contributed by atoms with Gasteiger partial charge in [0, 0.05) is 30.3 Å². The number of carbonyl (C=O) groups excluding carboxylic acids is 1. The molecule has 1 aliphatic heterocycles. The highest BCUT2D eigenvalue weighted by molar-refractivity contribution is 7.90. The molecule has 0 saturated heterocycles. The fourth-order valence-electron chi connectivity index (χ4n) is 4.28. The molecule has 2 heterocycles. The van der Waals surface area contributed by atoms with Crippen molar-refractivity contribution in [2.75, 3.05) is 5.32 Å². The first kappa shape index (κ1) is 22.7. The molecule has 0 atom stereocenters. The van der Waals surface area contributed by atoms with Gasteiger partial charge in [-0.25, -0.2) is 0 Å². The normalized spacial score (nSPS) is 14.0. The van der Waals surface area contributed by atoms with Gasteiger partial charge in [-0.2, -0.15) is 8.42 Å². The van der Waals surface area contributed by atoms with Gasteiger partial charge in [0.25, 0.3) is 10.0 Å². The first-order valence-electron chi connectivity index (χ1n) is 11.3. The van der Waals surface area contributed by atoms with E-state index in [4.69, 9.17) is 0 Å². The van der Waals surface area contributed by atoms with E-state index < -0.39 is 10.0 Å². The molecule has 0 radical (unpaired) electrons.